The van der Waals surface area contributed by atoms with Gasteiger partial charge in [0.25, 0.3) is 0 Å². The zero-order chi connectivity index (χ0) is 11.9. The number of benzene rings is 1. The van der Waals surface area contributed by atoms with Gasteiger partial charge in [-0.15, -0.1) is 11.3 Å². The molecule has 1 aromatic carbocycles. The first-order valence-electron chi connectivity index (χ1n) is 4.50. The monoisotopic (exact) mass is 247 g/mol. The number of nitrogens with zero attached hydrogens (tertiary/aromatic N) is 1. The van der Waals surface area contributed by atoms with Crippen LogP contribution in [-0.4, -0.2) is 10.1 Å². The standard InChI is InChI=1S/C10H8F3NOS/c1-5-14-9-6(4-15)2-7(10(11,12)13)3-8(9)16-5/h2-3,15H,4H2,1H3. The number of alkyl halides is 3. The van der Waals surface area contributed by atoms with Gasteiger partial charge < -0.3 is 5.11 Å². The van der Waals surface area contributed by atoms with Gasteiger partial charge in [0.2, 0.25) is 0 Å². The molecule has 0 unspecified atom stereocenters. The Morgan fingerprint density at radius 1 is 1.38 bits per heavy atom. The average molecular weight is 247 g/mol. The van der Waals surface area contributed by atoms with Gasteiger partial charge in [0.1, 0.15) is 0 Å². The molecule has 2 aromatic rings. The minimum atomic E-state index is -4.39. The van der Waals surface area contributed by atoms with E-state index in [0.717, 1.165) is 12.1 Å². The van der Waals surface area contributed by atoms with E-state index in [2.05, 4.69) is 4.98 Å². The number of thiazole rings is 1. The Balaban J connectivity index is 2.72. The summed E-state index contributed by atoms with van der Waals surface area (Å²) in [7, 11) is 0. The van der Waals surface area contributed by atoms with E-state index in [1.807, 2.05) is 0 Å². The molecule has 16 heavy (non-hydrogen) atoms. The van der Waals surface area contributed by atoms with Crippen LogP contribution in [0.5, 0.6) is 0 Å². The van der Waals surface area contributed by atoms with Gasteiger partial charge in [-0.05, 0) is 19.1 Å². The van der Waals surface area contributed by atoms with Crippen LogP contribution in [0.1, 0.15) is 16.1 Å². The van der Waals surface area contributed by atoms with Gasteiger partial charge in [0, 0.05) is 5.56 Å². The van der Waals surface area contributed by atoms with E-state index in [9.17, 15) is 13.2 Å². The number of hydrogen-bond donors (Lipinski definition) is 1. The number of halogens is 3. The molecule has 6 heteroatoms. The second kappa shape index (κ2) is 3.71. The van der Waals surface area contributed by atoms with Crippen LogP contribution >= 0.6 is 11.3 Å². The molecule has 86 valence electrons. The highest BCUT2D eigenvalue weighted by molar-refractivity contribution is 7.18. The van der Waals surface area contributed by atoms with Crippen LogP contribution in [0.3, 0.4) is 0 Å². The highest BCUT2D eigenvalue weighted by Crippen LogP contribution is 2.35. The number of fused-ring (bicyclic) bond motifs is 1. The number of aryl methyl sites for hydroxylation is 1. The van der Waals surface area contributed by atoms with Crippen LogP contribution < -0.4 is 0 Å². The topological polar surface area (TPSA) is 33.1 Å². The van der Waals surface area contributed by atoms with Crippen molar-refractivity contribution in [2.24, 2.45) is 0 Å². The Labute approximate surface area is 93.4 Å². The Morgan fingerprint density at radius 2 is 2.06 bits per heavy atom. The Bertz CT molecular complexity index is 533. The minimum absolute atomic E-state index is 0.217. The first kappa shape index (κ1) is 11.3. The third kappa shape index (κ3) is 1.90. The van der Waals surface area contributed by atoms with Crippen molar-refractivity contribution >= 4 is 21.6 Å². The van der Waals surface area contributed by atoms with E-state index in [1.165, 1.54) is 11.3 Å². The van der Waals surface area contributed by atoms with Crippen LogP contribution in [0.4, 0.5) is 13.2 Å². The lowest BCUT2D eigenvalue weighted by Gasteiger charge is -2.08. The predicted octanol–water partition coefficient (Wildman–Crippen LogP) is 3.12. The van der Waals surface area contributed by atoms with E-state index in [4.69, 9.17) is 5.11 Å². The summed E-state index contributed by atoms with van der Waals surface area (Å²) < 4.78 is 38.1. The lowest BCUT2D eigenvalue weighted by molar-refractivity contribution is -0.137. The van der Waals surface area contributed by atoms with Gasteiger partial charge in [0.05, 0.1) is 27.4 Å². The largest absolute Gasteiger partial charge is 0.416 e. The second-order valence-corrected chi connectivity index (χ2v) is 4.61. The highest BCUT2D eigenvalue weighted by Gasteiger charge is 2.31. The van der Waals surface area contributed by atoms with Crippen molar-refractivity contribution in [1.82, 2.24) is 4.98 Å². The molecule has 0 fully saturated rings. The number of aliphatic hydroxyl groups excluding tert-OH is 1. The molecule has 0 aliphatic carbocycles. The SMILES string of the molecule is Cc1nc2c(CO)cc(C(F)(F)F)cc2s1. The van der Waals surface area contributed by atoms with Crippen molar-refractivity contribution < 1.29 is 18.3 Å². The molecule has 0 aliphatic heterocycles. The average Bonchev–Trinajstić information content (AvgIpc) is 2.54. The van der Waals surface area contributed by atoms with E-state index in [-0.39, 0.29) is 5.56 Å². The van der Waals surface area contributed by atoms with Crippen molar-refractivity contribution in [3.8, 4) is 0 Å². The molecule has 0 aliphatic rings. The molecule has 2 rings (SSSR count). The number of aromatic nitrogens is 1. The van der Waals surface area contributed by atoms with Gasteiger partial charge in [-0.1, -0.05) is 0 Å². The molecule has 2 nitrogen and oxygen atoms in total. The Hall–Kier alpha value is -1.14. The zero-order valence-corrected chi connectivity index (χ0v) is 9.11. The molecule has 1 heterocycles. The summed E-state index contributed by atoms with van der Waals surface area (Å²) in [4.78, 5) is 4.10. The molecular formula is C10H8F3NOS. The molecular weight excluding hydrogens is 239 g/mol. The molecule has 0 bridgehead atoms. The van der Waals surface area contributed by atoms with Crippen molar-refractivity contribution in [3.05, 3.63) is 28.3 Å². The van der Waals surface area contributed by atoms with Crippen molar-refractivity contribution in [2.75, 3.05) is 0 Å². The van der Waals surface area contributed by atoms with E-state index in [1.54, 1.807) is 6.92 Å². The molecule has 0 spiro atoms. The van der Waals surface area contributed by atoms with E-state index >= 15 is 0 Å². The maximum Gasteiger partial charge on any atom is 0.416 e. The normalized spacial score (nSPS) is 12.3. The van der Waals surface area contributed by atoms with Crippen LogP contribution in [-0.2, 0) is 12.8 Å². The van der Waals surface area contributed by atoms with Gasteiger partial charge in [-0.3, -0.25) is 0 Å². The lowest BCUT2D eigenvalue weighted by atomic mass is 10.1. The van der Waals surface area contributed by atoms with Gasteiger partial charge in [-0.25, -0.2) is 4.98 Å². The van der Waals surface area contributed by atoms with Gasteiger partial charge >= 0.3 is 6.18 Å². The van der Waals surface area contributed by atoms with E-state index in [0.29, 0.717) is 15.2 Å². The van der Waals surface area contributed by atoms with E-state index < -0.39 is 18.3 Å². The van der Waals surface area contributed by atoms with Crippen LogP contribution in [0, 0.1) is 6.92 Å². The fourth-order valence-corrected chi connectivity index (χ4v) is 2.41. The van der Waals surface area contributed by atoms with Crippen LogP contribution in [0.2, 0.25) is 0 Å². The number of rotatable bonds is 1. The molecule has 0 radical (unpaired) electrons. The summed E-state index contributed by atoms with van der Waals surface area (Å²) >= 11 is 1.19. The Morgan fingerprint density at radius 3 is 2.62 bits per heavy atom. The smallest absolute Gasteiger partial charge is 0.392 e. The summed E-state index contributed by atoms with van der Waals surface area (Å²) in [6.45, 7) is 1.28. The fourth-order valence-electron chi connectivity index (χ4n) is 1.49. The zero-order valence-electron chi connectivity index (χ0n) is 8.30. The van der Waals surface area contributed by atoms with Crippen molar-refractivity contribution in [2.45, 2.75) is 19.7 Å². The maximum atomic E-state index is 12.5. The summed E-state index contributed by atoms with van der Waals surface area (Å²) in [5, 5.41) is 9.72. The molecule has 0 atom stereocenters. The predicted molar refractivity (Wildman–Crippen MR) is 55.3 cm³/mol. The molecule has 1 N–H and O–H groups in total. The van der Waals surface area contributed by atoms with Gasteiger partial charge in [-0.2, -0.15) is 13.2 Å². The first-order chi connectivity index (χ1) is 7.41. The molecule has 0 saturated carbocycles. The second-order valence-electron chi connectivity index (χ2n) is 3.37. The Kier molecular flexibility index (Phi) is 2.63. The third-order valence-corrected chi connectivity index (χ3v) is 3.10. The summed E-state index contributed by atoms with van der Waals surface area (Å²) in [6, 6.07) is 2.01. The molecule has 0 amide bonds. The lowest BCUT2D eigenvalue weighted by Crippen LogP contribution is -2.05. The van der Waals surface area contributed by atoms with Crippen LogP contribution in [0.15, 0.2) is 12.1 Å². The van der Waals surface area contributed by atoms with Gasteiger partial charge in [0.15, 0.2) is 0 Å². The number of aliphatic hydroxyl groups is 1. The first-order valence-corrected chi connectivity index (χ1v) is 5.31. The summed E-state index contributed by atoms with van der Waals surface area (Å²) in [5.41, 5.74) is -0.0696. The molecule has 1 aromatic heterocycles. The van der Waals surface area contributed by atoms with Crippen molar-refractivity contribution in [3.63, 3.8) is 0 Å². The summed E-state index contributed by atoms with van der Waals surface area (Å²) in [5.74, 6) is 0. The van der Waals surface area contributed by atoms with Crippen LogP contribution in [0.25, 0.3) is 10.2 Å². The summed E-state index contributed by atoms with van der Waals surface area (Å²) in [6.07, 6.45) is -4.39. The minimum Gasteiger partial charge on any atom is -0.392 e. The third-order valence-electron chi connectivity index (χ3n) is 2.18. The van der Waals surface area contributed by atoms with Crippen molar-refractivity contribution in [1.29, 1.82) is 0 Å². The molecule has 0 saturated heterocycles. The fraction of sp³-hybridized carbons (Fsp3) is 0.300. The quantitative estimate of drug-likeness (QED) is 0.839. The number of hydrogen-bond acceptors (Lipinski definition) is 3. The highest BCUT2D eigenvalue weighted by atomic mass is 32.1. The maximum absolute atomic E-state index is 12.5.